The number of benzene rings is 1. The molecule has 2 rings (SSSR count). The van der Waals surface area contributed by atoms with Crippen LogP contribution in [0.15, 0.2) is 42.6 Å². The van der Waals surface area contributed by atoms with E-state index in [0.717, 1.165) is 0 Å². The summed E-state index contributed by atoms with van der Waals surface area (Å²) in [6.07, 6.45) is 1.59. The molecular weight excluding hydrogens is 259 g/mol. The summed E-state index contributed by atoms with van der Waals surface area (Å²) in [6, 6.07) is 10.1. The Morgan fingerprint density at radius 1 is 1.12 bits per heavy atom. The van der Waals surface area contributed by atoms with Gasteiger partial charge in [0.05, 0.1) is 15.6 Å². The van der Waals surface area contributed by atoms with Gasteiger partial charge < -0.3 is 5.32 Å². The van der Waals surface area contributed by atoms with Crippen molar-refractivity contribution >= 4 is 34.9 Å². The zero-order valence-electron chi connectivity index (χ0n) is 8.65. The van der Waals surface area contributed by atoms with E-state index in [1.54, 1.807) is 42.6 Å². The number of hydrogen-bond acceptors (Lipinski definition) is 2. The van der Waals surface area contributed by atoms with Crippen LogP contribution in [0.4, 0.5) is 5.82 Å². The molecule has 0 aliphatic heterocycles. The molecule has 0 saturated carbocycles. The van der Waals surface area contributed by atoms with E-state index in [0.29, 0.717) is 16.4 Å². The standard InChI is InChI=1S/C12H8Cl2N2O/c13-9-5-3-4-8(11(9)14)12(17)16-10-6-1-2-7-15-10/h1-7H,(H,15,16,17). The summed E-state index contributed by atoms with van der Waals surface area (Å²) in [6.45, 7) is 0. The Labute approximate surface area is 108 Å². The van der Waals surface area contributed by atoms with E-state index < -0.39 is 0 Å². The minimum atomic E-state index is -0.337. The van der Waals surface area contributed by atoms with Crippen LogP contribution in [0.5, 0.6) is 0 Å². The Kier molecular flexibility index (Phi) is 3.61. The van der Waals surface area contributed by atoms with Crippen molar-refractivity contribution in [1.29, 1.82) is 0 Å². The highest BCUT2D eigenvalue weighted by atomic mass is 35.5. The molecule has 0 saturated heterocycles. The lowest BCUT2D eigenvalue weighted by Gasteiger charge is -2.06. The molecule has 86 valence electrons. The predicted octanol–water partition coefficient (Wildman–Crippen LogP) is 3.64. The maximum atomic E-state index is 11.9. The van der Waals surface area contributed by atoms with Crippen molar-refractivity contribution < 1.29 is 4.79 Å². The summed E-state index contributed by atoms with van der Waals surface area (Å²) in [5, 5.41) is 3.22. The van der Waals surface area contributed by atoms with Crippen LogP contribution < -0.4 is 5.32 Å². The van der Waals surface area contributed by atoms with Gasteiger partial charge in [0.15, 0.2) is 0 Å². The first-order chi connectivity index (χ1) is 8.18. The molecule has 1 amide bonds. The van der Waals surface area contributed by atoms with Crippen LogP contribution in [0.1, 0.15) is 10.4 Å². The van der Waals surface area contributed by atoms with Gasteiger partial charge in [0.25, 0.3) is 5.91 Å². The highest BCUT2D eigenvalue weighted by Crippen LogP contribution is 2.25. The third-order valence-electron chi connectivity index (χ3n) is 2.10. The van der Waals surface area contributed by atoms with Crippen LogP contribution in [0.2, 0.25) is 10.0 Å². The lowest BCUT2D eigenvalue weighted by atomic mass is 10.2. The maximum Gasteiger partial charge on any atom is 0.258 e. The third kappa shape index (κ3) is 2.75. The summed E-state index contributed by atoms with van der Waals surface area (Å²) in [7, 11) is 0. The normalized spacial score (nSPS) is 10.0. The Morgan fingerprint density at radius 2 is 1.94 bits per heavy atom. The van der Waals surface area contributed by atoms with Crippen molar-refractivity contribution in [2.45, 2.75) is 0 Å². The maximum absolute atomic E-state index is 11.9. The molecule has 0 aliphatic carbocycles. The van der Waals surface area contributed by atoms with E-state index in [9.17, 15) is 4.79 Å². The van der Waals surface area contributed by atoms with Crippen molar-refractivity contribution in [3.05, 3.63) is 58.2 Å². The zero-order valence-corrected chi connectivity index (χ0v) is 10.2. The molecule has 2 aromatic rings. The van der Waals surface area contributed by atoms with Crippen LogP contribution in [-0.2, 0) is 0 Å². The molecule has 0 unspecified atom stereocenters. The Morgan fingerprint density at radius 3 is 2.65 bits per heavy atom. The second-order valence-electron chi connectivity index (χ2n) is 3.27. The van der Waals surface area contributed by atoms with E-state index in [-0.39, 0.29) is 10.9 Å². The highest BCUT2D eigenvalue weighted by molar-refractivity contribution is 6.44. The van der Waals surface area contributed by atoms with E-state index in [1.807, 2.05) is 0 Å². The molecule has 0 spiro atoms. The van der Waals surface area contributed by atoms with Crippen LogP contribution in [-0.4, -0.2) is 10.9 Å². The molecule has 5 heteroatoms. The number of hydrogen-bond donors (Lipinski definition) is 1. The van der Waals surface area contributed by atoms with Crippen LogP contribution in [0.25, 0.3) is 0 Å². The minimum Gasteiger partial charge on any atom is -0.307 e. The van der Waals surface area contributed by atoms with Crippen LogP contribution in [0, 0.1) is 0 Å². The van der Waals surface area contributed by atoms with Crippen molar-refractivity contribution in [3.63, 3.8) is 0 Å². The van der Waals surface area contributed by atoms with E-state index in [4.69, 9.17) is 23.2 Å². The lowest BCUT2D eigenvalue weighted by molar-refractivity contribution is 0.102. The van der Waals surface area contributed by atoms with Gasteiger partial charge in [-0.3, -0.25) is 4.79 Å². The van der Waals surface area contributed by atoms with E-state index in [1.165, 1.54) is 0 Å². The molecule has 0 fully saturated rings. The number of aromatic nitrogens is 1. The van der Waals surface area contributed by atoms with Gasteiger partial charge in [-0.25, -0.2) is 4.98 Å². The number of amides is 1. The molecule has 1 aromatic carbocycles. The fourth-order valence-corrected chi connectivity index (χ4v) is 1.69. The largest absolute Gasteiger partial charge is 0.307 e. The van der Waals surface area contributed by atoms with Gasteiger partial charge in [-0.2, -0.15) is 0 Å². The molecule has 0 radical (unpaired) electrons. The van der Waals surface area contributed by atoms with Gasteiger partial charge in [-0.15, -0.1) is 0 Å². The van der Waals surface area contributed by atoms with E-state index in [2.05, 4.69) is 10.3 Å². The highest BCUT2D eigenvalue weighted by Gasteiger charge is 2.12. The molecule has 0 aliphatic rings. The lowest BCUT2D eigenvalue weighted by Crippen LogP contribution is -2.13. The van der Waals surface area contributed by atoms with Crippen molar-refractivity contribution in [1.82, 2.24) is 4.98 Å². The molecule has 0 atom stereocenters. The average Bonchev–Trinajstić information content (AvgIpc) is 2.34. The zero-order chi connectivity index (χ0) is 12.3. The number of pyridine rings is 1. The van der Waals surface area contributed by atoms with Crippen molar-refractivity contribution in [2.24, 2.45) is 0 Å². The van der Waals surface area contributed by atoms with Gasteiger partial charge in [-0.05, 0) is 24.3 Å². The monoisotopic (exact) mass is 266 g/mol. The van der Waals surface area contributed by atoms with Gasteiger partial charge in [0.2, 0.25) is 0 Å². The fourth-order valence-electron chi connectivity index (χ4n) is 1.30. The number of halogens is 2. The van der Waals surface area contributed by atoms with Crippen LogP contribution >= 0.6 is 23.2 Å². The number of nitrogens with one attached hydrogen (secondary N) is 1. The van der Waals surface area contributed by atoms with Gasteiger partial charge in [-0.1, -0.05) is 35.3 Å². The quantitative estimate of drug-likeness (QED) is 0.902. The molecular formula is C12H8Cl2N2O. The summed E-state index contributed by atoms with van der Waals surface area (Å²) in [5.74, 6) is 0.129. The minimum absolute atomic E-state index is 0.239. The van der Waals surface area contributed by atoms with Gasteiger partial charge in [0, 0.05) is 6.20 Å². The first kappa shape index (κ1) is 11.9. The number of carbonyl (C=O) groups excluding carboxylic acids is 1. The van der Waals surface area contributed by atoms with Gasteiger partial charge in [0.1, 0.15) is 5.82 Å². The second-order valence-corrected chi connectivity index (χ2v) is 4.06. The SMILES string of the molecule is O=C(Nc1ccccn1)c1cccc(Cl)c1Cl. The number of carbonyl (C=O) groups is 1. The first-order valence-corrected chi connectivity index (χ1v) is 5.60. The molecule has 0 bridgehead atoms. The average molecular weight is 267 g/mol. The summed E-state index contributed by atoms with van der Waals surface area (Å²) in [5.41, 5.74) is 0.324. The molecule has 17 heavy (non-hydrogen) atoms. The summed E-state index contributed by atoms with van der Waals surface area (Å²) < 4.78 is 0. The number of anilines is 1. The Hall–Kier alpha value is -1.58. The Bertz CT molecular complexity index is 543. The molecule has 1 N–H and O–H groups in total. The third-order valence-corrected chi connectivity index (χ3v) is 2.92. The smallest absolute Gasteiger partial charge is 0.258 e. The van der Waals surface area contributed by atoms with Crippen molar-refractivity contribution in [2.75, 3.05) is 5.32 Å². The number of nitrogens with zero attached hydrogens (tertiary/aromatic N) is 1. The Balaban J connectivity index is 2.24. The number of rotatable bonds is 2. The molecule has 1 heterocycles. The van der Waals surface area contributed by atoms with E-state index >= 15 is 0 Å². The van der Waals surface area contributed by atoms with Crippen molar-refractivity contribution in [3.8, 4) is 0 Å². The van der Waals surface area contributed by atoms with Gasteiger partial charge >= 0.3 is 0 Å². The second kappa shape index (κ2) is 5.17. The first-order valence-electron chi connectivity index (χ1n) is 4.85. The summed E-state index contributed by atoms with van der Waals surface area (Å²) in [4.78, 5) is 15.9. The van der Waals surface area contributed by atoms with Crippen LogP contribution in [0.3, 0.4) is 0 Å². The molecule has 3 nitrogen and oxygen atoms in total. The summed E-state index contributed by atoms with van der Waals surface area (Å²) >= 11 is 11.8. The fraction of sp³-hybridized carbons (Fsp3) is 0. The topological polar surface area (TPSA) is 42.0 Å². The molecule has 1 aromatic heterocycles. The predicted molar refractivity (Wildman–Crippen MR) is 68.7 cm³/mol.